The van der Waals surface area contributed by atoms with Crippen molar-refractivity contribution in [3.63, 3.8) is 0 Å². The maximum atomic E-state index is 12.6. The van der Waals surface area contributed by atoms with Crippen LogP contribution >= 0.6 is 11.6 Å². The van der Waals surface area contributed by atoms with Gasteiger partial charge in [0.2, 0.25) is 0 Å². The lowest BCUT2D eigenvalue weighted by Gasteiger charge is -2.41. The number of halogens is 1. The number of fused-ring (bicyclic) bond motifs is 1. The maximum Gasteiger partial charge on any atom is 0.192 e. The van der Waals surface area contributed by atoms with Gasteiger partial charge < -0.3 is 28.8 Å². The maximum absolute atomic E-state index is 12.6. The van der Waals surface area contributed by atoms with Gasteiger partial charge in [-0.05, 0) is 37.2 Å². The molecule has 2 aromatic carbocycles. The average Bonchev–Trinajstić information content (AvgIpc) is 3.09. The molecule has 3 aromatic rings. The lowest BCUT2D eigenvalue weighted by Crippen LogP contribution is -2.48. The topological polar surface area (TPSA) is 102 Å². The zero-order valence-corrected chi connectivity index (χ0v) is 19.8. The third-order valence-corrected chi connectivity index (χ3v) is 6.92. The Balaban J connectivity index is 1.90. The van der Waals surface area contributed by atoms with Crippen LogP contribution in [0.1, 0.15) is 23.5 Å². The summed E-state index contributed by atoms with van der Waals surface area (Å²) in [6, 6.07) is 11.9. The van der Waals surface area contributed by atoms with Crippen molar-refractivity contribution in [2.75, 3.05) is 40.8 Å². The van der Waals surface area contributed by atoms with Crippen LogP contribution in [0, 0.1) is 0 Å². The lowest BCUT2D eigenvalue weighted by molar-refractivity contribution is -0.0272. The van der Waals surface area contributed by atoms with Gasteiger partial charge in [0.25, 0.3) is 0 Å². The normalized spacial score (nSPS) is 23.0. The fraction of sp³-hybridized carbons (Fsp3) is 0.400. The van der Waals surface area contributed by atoms with Crippen molar-refractivity contribution in [1.29, 1.82) is 0 Å². The van der Waals surface area contributed by atoms with E-state index in [-0.39, 0.29) is 25.2 Å². The molecule has 2 heterocycles. The Kier molecular flexibility index (Phi) is 7.57. The smallest absolute Gasteiger partial charge is 0.192 e. The number of rotatable bonds is 9. The molecule has 0 aliphatic carbocycles. The predicted molar refractivity (Wildman–Crippen MR) is 127 cm³/mol. The Morgan fingerprint density at radius 3 is 2.74 bits per heavy atom. The second-order valence-corrected chi connectivity index (χ2v) is 8.65. The predicted octanol–water partition coefficient (Wildman–Crippen LogP) is 3.07. The van der Waals surface area contributed by atoms with E-state index in [1.807, 2.05) is 12.1 Å². The van der Waals surface area contributed by atoms with Crippen molar-refractivity contribution in [1.82, 2.24) is 4.90 Å². The van der Waals surface area contributed by atoms with Crippen LogP contribution in [0.25, 0.3) is 11.0 Å². The van der Waals surface area contributed by atoms with Gasteiger partial charge in [-0.1, -0.05) is 29.8 Å². The van der Waals surface area contributed by atoms with Crippen LogP contribution in [0.5, 0.6) is 5.75 Å². The summed E-state index contributed by atoms with van der Waals surface area (Å²) in [5.74, 6) is -0.0997. The number of likely N-dealkylation sites (N-methyl/N-ethyl adjacent to an activating group) is 1. The minimum Gasteiger partial charge on any atom is -0.467 e. The molecule has 3 atom stereocenters. The summed E-state index contributed by atoms with van der Waals surface area (Å²) in [5.41, 5.74) is 0.239. The van der Waals surface area contributed by atoms with Crippen LogP contribution in [0.4, 0.5) is 0 Å². The van der Waals surface area contributed by atoms with Gasteiger partial charge in [0.15, 0.2) is 12.2 Å². The molecule has 34 heavy (non-hydrogen) atoms. The molecule has 1 aromatic heterocycles. The SMILES string of the molecule is COCCOCOc1ccc2c(=O)ccoc2c1C1C[C@@H](O)N(C)[C@@]1(CO)c1ccccc1Cl. The fourth-order valence-electron chi connectivity index (χ4n) is 4.85. The third-order valence-electron chi connectivity index (χ3n) is 6.59. The molecular weight excluding hydrogens is 462 g/mol. The molecule has 1 saturated heterocycles. The summed E-state index contributed by atoms with van der Waals surface area (Å²) in [5, 5.41) is 22.6. The highest BCUT2D eigenvalue weighted by molar-refractivity contribution is 6.31. The average molecular weight is 490 g/mol. The van der Waals surface area contributed by atoms with Crippen LogP contribution in [-0.2, 0) is 15.0 Å². The largest absolute Gasteiger partial charge is 0.467 e. The summed E-state index contributed by atoms with van der Waals surface area (Å²) >= 11 is 6.60. The lowest BCUT2D eigenvalue weighted by atomic mass is 9.74. The van der Waals surface area contributed by atoms with Crippen molar-refractivity contribution >= 4 is 22.6 Å². The summed E-state index contributed by atoms with van der Waals surface area (Å²) in [6.45, 7) is 0.372. The van der Waals surface area contributed by atoms with E-state index in [9.17, 15) is 15.0 Å². The Morgan fingerprint density at radius 1 is 1.21 bits per heavy atom. The zero-order chi connectivity index (χ0) is 24.3. The highest BCUT2D eigenvalue weighted by Crippen LogP contribution is 2.54. The molecule has 1 aliphatic heterocycles. The van der Waals surface area contributed by atoms with E-state index in [0.717, 1.165) is 0 Å². The summed E-state index contributed by atoms with van der Waals surface area (Å²) in [4.78, 5) is 14.3. The number of ether oxygens (including phenoxy) is 3. The summed E-state index contributed by atoms with van der Waals surface area (Å²) in [6.07, 6.45) is 0.698. The molecule has 9 heteroatoms. The molecule has 0 radical (unpaired) electrons. The molecule has 0 spiro atoms. The summed E-state index contributed by atoms with van der Waals surface area (Å²) < 4.78 is 22.3. The van der Waals surface area contributed by atoms with Crippen molar-refractivity contribution in [3.05, 3.63) is 75.1 Å². The van der Waals surface area contributed by atoms with Gasteiger partial charge in [0.1, 0.15) is 17.6 Å². The number of hydrogen-bond donors (Lipinski definition) is 2. The standard InChI is InChI=1S/C25H28ClNO7/c1-27-22(30)13-18(25(27,14-28)17-5-3-4-6-19(17)26)23-21(34-15-32-12-11-31-2)8-7-16-20(29)9-10-33-24(16)23/h3-10,18,22,28,30H,11-15H2,1-2H3/t18?,22-,25+/m1/s1. The Morgan fingerprint density at radius 2 is 2.00 bits per heavy atom. The monoisotopic (exact) mass is 489 g/mol. The molecule has 0 amide bonds. The Hall–Kier alpha value is -2.46. The van der Waals surface area contributed by atoms with Crippen LogP contribution in [-0.4, -0.2) is 62.1 Å². The van der Waals surface area contributed by atoms with Gasteiger partial charge in [-0.15, -0.1) is 0 Å². The van der Waals surface area contributed by atoms with E-state index in [1.54, 1.807) is 43.3 Å². The number of benzene rings is 2. The number of aliphatic hydroxyl groups is 2. The number of likely N-dealkylation sites (tertiary alicyclic amines) is 1. The molecule has 2 N–H and O–H groups in total. The van der Waals surface area contributed by atoms with E-state index in [4.69, 9.17) is 30.2 Å². The highest BCUT2D eigenvalue weighted by atomic mass is 35.5. The van der Waals surface area contributed by atoms with E-state index >= 15 is 0 Å². The van der Waals surface area contributed by atoms with Crippen molar-refractivity contribution in [2.24, 2.45) is 0 Å². The second-order valence-electron chi connectivity index (χ2n) is 8.24. The summed E-state index contributed by atoms with van der Waals surface area (Å²) in [7, 11) is 3.32. The molecular formula is C25H28ClNO7. The van der Waals surface area contributed by atoms with E-state index < -0.39 is 17.7 Å². The second kappa shape index (κ2) is 10.4. The molecule has 4 rings (SSSR count). The Bertz CT molecular complexity index is 1200. The third kappa shape index (κ3) is 4.22. The minimum absolute atomic E-state index is 0.0533. The van der Waals surface area contributed by atoms with Crippen LogP contribution in [0.15, 0.2) is 57.9 Å². The Labute approximate surface area is 202 Å². The fourth-order valence-corrected chi connectivity index (χ4v) is 5.15. The molecule has 1 unspecified atom stereocenters. The minimum atomic E-state index is -1.10. The van der Waals surface area contributed by atoms with Gasteiger partial charge in [-0.3, -0.25) is 9.69 Å². The molecule has 1 aliphatic rings. The van der Waals surface area contributed by atoms with E-state index in [1.165, 1.54) is 12.3 Å². The number of aliphatic hydroxyl groups excluding tert-OH is 2. The first-order valence-corrected chi connectivity index (χ1v) is 11.3. The van der Waals surface area contributed by atoms with Gasteiger partial charge >= 0.3 is 0 Å². The molecule has 1 fully saturated rings. The van der Waals surface area contributed by atoms with Gasteiger partial charge in [0, 0.05) is 29.7 Å². The van der Waals surface area contributed by atoms with Gasteiger partial charge in [0.05, 0.1) is 37.0 Å². The van der Waals surface area contributed by atoms with Crippen LogP contribution < -0.4 is 10.2 Å². The molecule has 8 nitrogen and oxygen atoms in total. The number of methoxy groups -OCH3 is 1. The van der Waals surface area contributed by atoms with Crippen molar-refractivity contribution < 1.29 is 28.8 Å². The quantitative estimate of drug-likeness (QED) is 0.349. The first-order chi connectivity index (χ1) is 16.5. The highest BCUT2D eigenvalue weighted by Gasteiger charge is 2.55. The van der Waals surface area contributed by atoms with Crippen molar-refractivity contribution in [3.8, 4) is 5.75 Å². The number of nitrogens with zero attached hydrogens (tertiary/aromatic N) is 1. The zero-order valence-electron chi connectivity index (χ0n) is 19.1. The van der Waals surface area contributed by atoms with Gasteiger partial charge in [-0.25, -0.2) is 0 Å². The van der Waals surface area contributed by atoms with E-state index in [2.05, 4.69) is 0 Å². The number of hydrogen-bond acceptors (Lipinski definition) is 8. The molecule has 182 valence electrons. The molecule has 0 bridgehead atoms. The van der Waals surface area contributed by atoms with Crippen molar-refractivity contribution in [2.45, 2.75) is 24.1 Å². The van der Waals surface area contributed by atoms with Gasteiger partial charge in [-0.2, -0.15) is 0 Å². The first kappa shape index (κ1) is 24.7. The molecule has 0 saturated carbocycles. The van der Waals surface area contributed by atoms with E-state index in [0.29, 0.717) is 46.1 Å². The van der Waals surface area contributed by atoms with Crippen LogP contribution in [0.3, 0.4) is 0 Å². The van der Waals surface area contributed by atoms with Crippen LogP contribution in [0.2, 0.25) is 5.02 Å². The first-order valence-electron chi connectivity index (χ1n) is 11.0.